The van der Waals surface area contributed by atoms with Gasteiger partial charge in [-0.3, -0.25) is 9.59 Å². The van der Waals surface area contributed by atoms with Crippen LogP contribution in [0, 0.1) is 17.3 Å². The predicted octanol–water partition coefficient (Wildman–Crippen LogP) is 5.29. The lowest BCUT2D eigenvalue weighted by Gasteiger charge is -2.47. The van der Waals surface area contributed by atoms with E-state index in [9.17, 15) is 9.59 Å². The Balaban J connectivity index is 1.54. The van der Waals surface area contributed by atoms with Crippen molar-refractivity contribution in [2.45, 2.75) is 90.6 Å². The topological polar surface area (TPSA) is 43.4 Å². The molecule has 1 fully saturated rings. The highest BCUT2D eigenvalue weighted by Gasteiger charge is 2.54. The van der Waals surface area contributed by atoms with Crippen molar-refractivity contribution in [3.8, 4) is 0 Å². The summed E-state index contributed by atoms with van der Waals surface area (Å²) < 4.78 is 5.96. The summed E-state index contributed by atoms with van der Waals surface area (Å²) in [4.78, 5) is 24.0. The summed E-state index contributed by atoms with van der Waals surface area (Å²) in [5, 5.41) is 0. The van der Waals surface area contributed by atoms with Crippen molar-refractivity contribution in [2.75, 3.05) is 0 Å². The smallest absolute Gasteiger partial charge is 0.306 e. The molecule has 3 heteroatoms. The summed E-state index contributed by atoms with van der Waals surface area (Å²) >= 11 is 0. The highest BCUT2D eigenvalue weighted by molar-refractivity contribution is 5.83. The Kier molecular flexibility index (Phi) is 4.83. The van der Waals surface area contributed by atoms with Gasteiger partial charge in [-0.2, -0.15) is 0 Å². The molecule has 0 aromatic heterocycles. The molecule has 4 aliphatic carbocycles. The van der Waals surface area contributed by atoms with Crippen molar-refractivity contribution >= 4 is 11.8 Å². The zero-order chi connectivity index (χ0) is 18.3. The molecule has 3 nitrogen and oxygen atoms in total. The van der Waals surface area contributed by atoms with Gasteiger partial charge in [-0.1, -0.05) is 31.9 Å². The van der Waals surface area contributed by atoms with Crippen molar-refractivity contribution in [1.29, 1.82) is 0 Å². The van der Waals surface area contributed by atoms with Crippen molar-refractivity contribution in [1.82, 2.24) is 0 Å². The lowest BCUT2D eigenvalue weighted by Crippen LogP contribution is -2.42. The molecule has 0 aromatic carbocycles. The average Bonchev–Trinajstić information content (AvgIpc) is 2.96. The number of Topliss-reactive ketones (excluding diaryl/α,β-unsaturated/α-hetero) is 1. The molecule has 0 aliphatic heterocycles. The minimum absolute atomic E-state index is 0.00654. The van der Waals surface area contributed by atoms with Crippen LogP contribution in [0.4, 0.5) is 0 Å². The molecular weight excluding hydrogens is 324 g/mol. The van der Waals surface area contributed by atoms with Crippen LogP contribution in [0.2, 0.25) is 0 Å². The van der Waals surface area contributed by atoms with Gasteiger partial charge in [0.15, 0.2) is 0 Å². The molecule has 0 N–H and O–H groups in total. The lowest BCUT2D eigenvalue weighted by atomic mass is 9.58. The standard InChI is InChI=1S/C23H32O3/c1-3-4-5-22(25)26-21-11-10-20-19-8-6-15-14-16(24)7-9-17(15)18(19)12-13-23(20,21)2/h12,19-21H,3-11,13-14H2,1-2H3/t19-,20+,21+,23+/m1/s1. The van der Waals surface area contributed by atoms with Gasteiger partial charge in [0.1, 0.15) is 11.9 Å². The zero-order valence-electron chi connectivity index (χ0n) is 16.3. The van der Waals surface area contributed by atoms with Gasteiger partial charge in [0.05, 0.1) is 0 Å². The number of carbonyl (C=O) groups is 2. The fourth-order valence-corrected chi connectivity index (χ4v) is 6.10. The summed E-state index contributed by atoms with van der Waals surface area (Å²) in [5.41, 5.74) is 4.59. The Hall–Kier alpha value is -1.38. The molecule has 0 aromatic rings. The summed E-state index contributed by atoms with van der Waals surface area (Å²) in [7, 11) is 0. The number of allylic oxidation sites excluding steroid dienone is 4. The van der Waals surface area contributed by atoms with Crippen LogP contribution < -0.4 is 0 Å². The van der Waals surface area contributed by atoms with Crippen molar-refractivity contribution in [3.05, 3.63) is 22.8 Å². The Morgan fingerprint density at radius 3 is 2.88 bits per heavy atom. The first kappa shape index (κ1) is 18.0. The molecule has 142 valence electrons. The van der Waals surface area contributed by atoms with Crippen LogP contribution in [0.5, 0.6) is 0 Å². The first-order chi connectivity index (χ1) is 12.5. The Bertz CT molecular complexity index is 671. The van der Waals surface area contributed by atoms with E-state index in [0.717, 1.165) is 44.9 Å². The van der Waals surface area contributed by atoms with E-state index in [0.29, 0.717) is 30.5 Å². The molecule has 0 unspecified atom stereocenters. The van der Waals surface area contributed by atoms with Crippen molar-refractivity contribution < 1.29 is 14.3 Å². The van der Waals surface area contributed by atoms with E-state index in [4.69, 9.17) is 4.74 Å². The number of hydrogen-bond acceptors (Lipinski definition) is 3. The predicted molar refractivity (Wildman–Crippen MR) is 102 cm³/mol. The van der Waals surface area contributed by atoms with E-state index < -0.39 is 0 Å². The maximum atomic E-state index is 12.2. The summed E-state index contributed by atoms with van der Waals surface area (Å²) in [6.45, 7) is 4.46. The molecule has 0 spiro atoms. The van der Waals surface area contributed by atoms with Crippen LogP contribution in [0.15, 0.2) is 22.8 Å². The SMILES string of the molecule is CCCCC(=O)O[C@H]1CC[C@H]2[C@@H]3CCC4=C(CCC(=O)C4)C3=CC[C@]12C. The van der Waals surface area contributed by atoms with Gasteiger partial charge in [0.25, 0.3) is 0 Å². The van der Waals surface area contributed by atoms with E-state index >= 15 is 0 Å². The molecule has 0 saturated heterocycles. The van der Waals surface area contributed by atoms with E-state index in [2.05, 4.69) is 19.9 Å². The maximum Gasteiger partial charge on any atom is 0.306 e. The molecule has 0 bridgehead atoms. The van der Waals surface area contributed by atoms with Crippen molar-refractivity contribution in [3.63, 3.8) is 0 Å². The molecular formula is C23H32O3. The first-order valence-electron chi connectivity index (χ1n) is 10.7. The number of rotatable bonds is 4. The Labute approximate surface area is 157 Å². The van der Waals surface area contributed by atoms with E-state index in [1.807, 2.05) is 0 Å². The second-order valence-electron chi connectivity index (χ2n) is 9.08. The van der Waals surface area contributed by atoms with Gasteiger partial charge >= 0.3 is 5.97 Å². The van der Waals surface area contributed by atoms with Gasteiger partial charge in [-0.25, -0.2) is 0 Å². The number of esters is 1. The van der Waals surface area contributed by atoms with Crippen LogP contribution >= 0.6 is 0 Å². The molecule has 4 rings (SSSR count). The fourth-order valence-electron chi connectivity index (χ4n) is 6.10. The van der Waals surface area contributed by atoms with E-state index in [1.165, 1.54) is 24.0 Å². The maximum absolute atomic E-state index is 12.2. The summed E-state index contributed by atoms with van der Waals surface area (Å²) in [6, 6.07) is 0. The number of ether oxygens (including phenoxy) is 1. The number of unbranched alkanes of at least 4 members (excludes halogenated alkanes) is 1. The first-order valence-corrected chi connectivity index (χ1v) is 10.7. The molecule has 0 radical (unpaired) electrons. The highest BCUT2D eigenvalue weighted by atomic mass is 16.5. The zero-order valence-corrected chi connectivity index (χ0v) is 16.3. The number of fused-ring (bicyclic) bond motifs is 4. The molecule has 1 saturated carbocycles. The highest BCUT2D eigenvalue weighted by Crippen LogP contribution is 2.59. The third-order valence-electron chi connectivity index (χ3n) is 7.57. The van der Waals surface area contributed by atoms with Crippen LogP contribution in [0.3, 0.4) is 0 Å². The fraction of sp³-hybridized carbons (Fsp3) is 0.739. The molecule has 4 aliphatic rings. The van der Waals surface area contributed by atoms with Gasteiger partial charge in [-0.15, -0.1) is 0 Å². The number of carbonyl (C=O) groups excluding carboxylic acids is 2. The van der Waals surface area contributed by atoms with Crippen LogP contribution in [-0.4, -0.2) is 17.9 Å². The minimum atomic E-state index is -0.00654. The quantitative estimate of drug-likeness (QED) is 0.642. The second-order valence-corrected chi connectivity index (χ2v) is 9.08. The van der Waals surface area contributed by atoms with Gasteiger partial charge in [-0.05, 0) is 67.9 Å². The molecule has 4 atom stereocenters. The third-order valence-corrected chi connectivity index (χ3v) is 7.57. The van der Waals surface area contributed by atoms with Gasteiger partial charge in [0.2, 0.25) is 0 Å². The monoisotopic (exact) mass is 356 g/mol. The number of ketones is 1. The lowest BCUT2D eigenvalue weighted by molar-refractivity contribution is -0.155. The minimum Gasteiger partial charge on any atom is -0.462 e. The molecule has 26 heavy (non-hydrogen) atoms. The largest absolute Gasteiger partial charge is 0.462 e. The van der Waals surface area contributed by atoms with Crippen LogP contribution in [-0.2, 0) is 14.3 Å². The van der Waals surface area contributed by atoms with Crippen molar-refractivity contribution in [2.24, 2.45) is 17.3 Å². The summed E-state index contributed by atoms with van der Waals surface area (Å²) in [5.74, 6) is 1.65. The second kappa shape index (κ2) is 6.98. The third kappa shape index (κ3) is 2.97. The van der Waals surface area contributed by atoms with E-state index in [1.54, 1.807) is 5.57 Å². The van der Waals surface area contributed by atoms with E-state index in [-0.39, 0.29) is 17.5 Å². The Morgan fingerprint density at radius 1 is 1.23 bits per heavy atom. The molecule has 0 heterocycles. The number of hydrogen-bond donors (Lipinski definition) is 0. The Morgan fingerprint density at radius 2 is 2.08 bits per heavy atom. The van der Waals surface area contributed by atoms with Gasteiger partial charge in [0, 0.05) is 24.7 Å². The van der Waals surface area contributed by atoms with Crippen LogP contribution in [0.1, 0.15) is 84.5 Å². The average molecular weight is 357 g/mol. The molecule has 0 amide bonds. The van der Waals surface area contributed by atoms with Crippen LogP contribution in [0.25, 0.3) is 0 Å². The summed E-state index contributed by atoms with van der Waals surface area (Å²) in [6.07, 6.45) is 12.9. The van der Waals surface area contributed by atoms with Gasteiger partial charge < -0.3 is 4.74 Å². The normalized spacial score (nSPS) is 36.2.